The van der Waals surface area contributed by atoms with Gasteiger partial charge in [0.25, 0.3) is 5.91 Å². The zero-order chi connectivity index (χ0) is 22.0. The van der Waals surface area contributed by atoms with Gasteiger partial charge >= 0.3 is 0 Å². The van der Waals surface area contributed by atoms with Crippen molar-refractivity contribution < 1.29 is 19.4 Å². The van der Waals surface area contributed by atoms with Crippen molar-refractivity contribution in [2.45, 2.75) is 13.0 Å². The van der Waals surface area contributed by atoms with E-state index in [4.69, 9.17) is 9.47 Å². The van der Waals surface area contributed by atoms with Crippen molar-refractivity contribution in [2.75, 3.05) is 14.2 Å². The number of phenolic OH excluding ortho intramolecular Hbond substituents is 1. The van der Waals surface area contributed by atoms with Crippen LogP contribution in [0, 0.1) is 6.92 Å². The molecule has 0 saturated carbocycles. The van der Waals surface area contributed by atoms with Gasteiger partial charge in [-0.25, -0.2) is 5.01 Å². The lowest BCUT2D eigenvalue weighted by Crippen LogP contribution is -2.39. The monoisotopic (exact) mass is 416 g/mol. The van der Waals surface area contributed by atoms with E-state index in [-0.39, 0.29) is 11.7 Å². The van der Waals surface area contributed by atoms with Crippen molar-refractivity contribution in [2.24, 2.45) is 0 Å². The van der Waals surface area contributed by atoms with Gasteiger partial charge in [0.2, 0.25) is 0 Å². The lowest BCUT2D eigenvalue weighted by molar-refractivity contribution is 0.0672. The molecule has 1 amide bonds. The zero-order valence-corrected chi connectivity index (χ0v) is 17.6. The lowest BCUT2D eigenvalue weighted by atomic mass is 10.0. The Morgan fingerprint density at radius 2 is 1.68 bits per heavy atom. The van der Waals surface area contributed by atoms with Crippen molar-refractivity contribution in [3.63, 3.8) is 0 Å². The van der Waals surface area contributed by atoms with Crippen molar-refractivity contribution in [3.05, 3.63) is 95.1 Å². The fraction of sp³-hybridized carbons (Fsp3) is 0.160. The Morgan fingerprint density at radius 3 is 2.35 bits per heavy atom. The predicted molar refractivity (Wildman–Crippen MR) is 119 cm³/mol. The van der Waals surface area contributed by atoms with Crippen molar-refractivity contribution >= 4 is 11.6 Å². The molecule has 0 bridgehead atoms. The lowest BCUT2D eigenvalue weighted by Gasteiger charge is -2.26. The molecule has 3 aromatic rings. The van der Waals surface area contributed by atoms with Crippen LogP contribution in [0.4, 0.5) is 0 Å². The highest BCUT2D eigenvalue weighted by atomic mass is 16.5. The summed E-state index contributed by atoms with van der Waals surface area (Å²) in [5, 5.41) is 11.9. The first-order chi connectivity index (χ1) is 15.0. The highest BCUT2D eigenvalue weighted by Gasteiger charge is 2.32. The van der Waals surface area contributed by atoms with Gasteiger partial charge in [0.1, 0.15) is 5.75 Å². The van der Waals surface area contributed by atoms with E-state index in [1.54, 1.807) is 37.4 Å². The number of ether oxygens (including phenoxy) is 2. The number of rotatable bonds is 5. The Bertz CT molecular complexity index is 1140. The summed E-state index contributed by atoms with van der Waals surface area (Å²) in [5.41, 5.74) is 6.95. The number of hydrogen-bond acceptors (Lipinski definition) is 5. The minimum absolute atomic E-state index is 0.136. The third-order valence-electron chi connectivity index (χ3n) is 5.30. The number of aromatic hydroxyl groups is 1. The first-order valence-electron chi connectivity index (χ1n) is 9.91. The standard InChI is InChI=1S/C25H24N2O4/c1-16-8-10-17(11-9-16)25(29)27-21(18-12-13-23(30-2)24(14-18)31-3)15-20(26-27)19-6-4-5-7-22(19)28/h4-15,21,26,28H,1-3H3/t21-/m0/s1. The molecular formula is C25H24N2O4. The van der Waals surface area contributed by atoms with Gasteiger partial charge in [0.05, 0.1) is 26.0 Å². The van der Waals surface area contributed by atoms with Gasteiger partial charge in [0.15, 0.2) is 11.5 Å². The maximum absolute atomic E-state index is 13.4. The summed E-state index contributed by atoms with van der Waals surface area (Å²) in [6.45, 7) is 1.98. The number of carbonyl (C=O) groups is 1. The van der Waals surface area contributed by atoms with Crippen LogP contribution in [0.25, 0.3) is 5.70 Å². The SMILES string of the molecule is COc1ccc([C@@H]2C=C(c3ccccc3O)NN2C(=O)c2ccc(C)cc2)cc1OC. The fourth-order valence-corrected chi connectivity index (χ4v) is 3.61. The molecule has 0 unspecified atom stereocenters. The predicted octanol–water partition coefficient (Wildman–Crippen LogP) is 4.46. The third-order valence-corrected chi connectivity index (χ3v) is 5.30. The van der Waals surface area contributed by atoms with E-state index >= 15 is 0 Å². The van der Waals surface area contributed by atoms with Crippen molar-refractivity contribution in [1.29, 1.82) is 0 Å². The number of para-hydroxylation sites is 1. The molecule has 158 valence electrons. The van der Waals surface area contributed by atoms with Crippen LogP contribution in [0.1, 0.15) is 33.1 Å². The van der Waals surface area contributed by atoms with Gasteiger partial charge in [-0.3, -0.25) is 10.2 Å². The zero-order valence-electron chi connectivity index (χ0n) is 17.6. The molecule has 1 atom stereocenters. The summed E-state index contributed by atoms with van der Waals surface area (Å²) in [6, 6.07) is 19.6. The van der Waals surface area contributed by atoms with Gasteiger partial charge in [-0.15, -0.1) is 0 Å². The topological polar surface area (TPSA) is 71.0 Å². The second kappa shape index (κ2) is 8.44. The summed E-state index contributed by atoms with van der Waals surface area (Å²) in [7, 11) is 3.16. The summed E-state index contributed by atoms with van der Waals surface area (Å²) in [5.74, 6) is 1.14. The normalized spacial score (nSPS) is 15.3. The Balaban J connectivity index is 1.77. The maximum atomic E-state index is 13.4. The van der Waals surface area contributed by atoms with E-state index < -0.39 is 6.04 Å². The largest absolute Gasteiger partial charge is 0.507 e. The van der Waals surface area contributed by atoms with Crippen LogP contribution in [-0.4, -0.2) is 30.2 Å². The van der Waals surface area contributed by atoms with Crippen LogP contribution in [0.2, 0.25) is 0 Å². The number of benzene rings is 3. The molecule has 1 heterocycles. The fourth-order valence-electron chi connectivity index (χ4n) is 3.61. The van der Waals surface area contributed by atoms with E-state index in [0.29, 0.717) is 28.3 Å². The number of aryl methyl sites for hydroxylation is 1. The van der Waals surface area contributed by atoms with Gasteiger partial charge < -0.3 is 14.6 Å². The minimum atomic E-state index is -0.414. The molecule has 0 aromatic heterocycles. The van der Waals surface area contributed by atoms with Crippen LogP contribution in [0.3, 0.4) is 0 Å². The Labute approximate surface area is 181 Å². The molecule has 2 N–H and O–H groups in total. The Morgan fingerprint density at radius 1 is 0.968 bits per heavy atom. The van der Waals surface area contributed by atoms with Crippen LogP contribution >= 0.6 is 0 Å². The molecule has 0 fully saturated rings. The molecule has 31 heavy (non-hydrogen) atoms. The molecule has 6 nitrogen and oxygen atoms in total. The van der Waals surface area contributed by atoms with Crippen molar-refractivity contribution in [3.8, 4) is 17.2 Å². The quantitative estimate of drug-likeness (QED) is 0.643. The number of amides is 1. The number of methoxy groups -OCH3 is 2. The number of carbonyl (C=O) groups excluding carboxylic acids is 1. The number of hydrogen-bond donors (Lipinski definition) is 2. The van der Waals surface area contributed by atoms with Gasteiger partial charge in [0, 0.05) is 11.1 Å². The molecular weight excluding hydrogens is 392 g/mol. The Hall–Kier alpha value is -3.93. The van der Waals surface area contributed by atoms with Gasteiger partial charge in [-0.2, -0.15) is 0 Å². The number of phenols is 1. The number of nitrogens with one attached hydrogen (secondary N) is 1. The van der Waals surface area contributed by atoms with E-state index in [9.17, 15) is 9.90 Å². The molecule has 4 rings (SSSR count). The molecule has 0 saturated heterocycles. The van der Waals surface area contributed by atoms with Crippen LogP contribution < -0.4 is 14.9 Å². The summed E-state index contributed by atoms with van der Waals surface area (Å²) in [6.07, 6.45) is 1.92. The minimum Gasteiger partial charge on any atom is -0.507 e. The summed E-state index contributed by atoms with van der Waals surface area (Å²) < 4.78 is 10.8. The summed E-state index contributed by atoms with van der Waals surface area (Å²) in [4.78, 5) is 13.4. The van der Waals surface area contributed by atoms with E-state index in [0.717, 1.165) is 11.1 Å². The first kappa shape index (κ1) is 20.3. The average molecular weight is 416 g/mol. The second-order valence-electron chi connectivity index (χ2n) is 7.31. The molecule has 1 aliphatic heterocycles. The van der Waals surface area contributed by atoms with Crippen LogP contribution in [-0.2, 0) is 0 Å². The van der Waals surface area contributed by atoms with E-state index in [1.807, 2.05) is 61.5 Å². The number of nitrogens with zero attached hydrogens (tertiary/aromatic N) is 1. The van der Waals surface area contributed by atoms with E-state index in [2.05, 4.69) is 5.43 Å². The highest BCUT2D eigenvalue weighted by molar-refractivity contribution is 5.96. The smallest absolute Gasteiger partial charge is 0.273 e. The second-order valence-corrected chi connectivity index (χ2v) is 7.31. The average Bonchev–Trinajstić information content (AvgIpc) is 3.24. The third kappa shape index (κ3) is 3.92. The first-order valence-corrected chi connectivity index (χ1v) is 9.91. The molecule has 0 spiro atoms. The van der Waals surface area contributed by atoms with Crippen LogP contribution in [0.5, 0.6) is 17.2 Å². The Kier molecular flexibility index (Phi) is 5.54. The molecule has 3 aromatic carbocycles. The molecule has 0 radical (unpaired) electrons. The van der Waals surface area contributed by atoms with E-state index in [1.165, 1.54) is 0 Å². The summed E-state index contributed by atoms with van der Waals surface area (Å²) >= 11 is 0. The highest BCUT2D eigenvalue weighted by Crippen LogP contribution is 2.38. The van der Waals surface area contributed by atoms with Crippen LogP contribution in [0.15, 0.2) is 72.8 Å². The van der Waals surface area contributed by atoms with Gasteiger partial charge in [-0.05, 0) is 55.0 Å². The van der Waals surface area contributed by atoms with Crippen molar-refractivity contribution in [1.82, 2.24) is 10.4 Å². The maximum Gasteiger partial charge on any atom is 0.273 e. The van der Waals surface area contributed by atoms with Gasteiger partial charge in [-0.1, -0.05) is 35.9 Å². The molecule has 6 heteroatoms. The molecule has 1 aliphatic rings. The number of hydrazine groups is 1. The molecule has 0 aliphatic carbocycles.